The first-order valence-corrected chi connectivity index (χ1v) is 7.80. The van der Waals surface area contributed by atoms with Gasteiger partial charge in [-0.25, -0.2) is 0 Å². The Morgan fingerprint density at radius 2 is 1.76 bits per heavy atom. The standard InChI is InChI=1S/C15H15ClF3N3O3/c16-10-4-3-9(15(17,18)19)7-11(10)21-14(25)13(24)20-8-12(23)22-5-1-2-6-22/h3-4,7H,1-2,5-6,8H2,(H,20,24)(H,21,25). The van der Waals surface area contributed by atoms with Crippen LogP contribution >= 0.6 is 11.6 Å². The molecule has 1 aliphatic rings. The van der Waals surface area contributed by atoms with Crippen LogP contribution in [0.4, 0.5) is 18.9 Å². The summed E-state index contributed by atoms with van der Waals surface area (Å²) in [6, 6.07) is 2.35. The summed E-state index contributed by atoms with van der Waals surface area (Å²) in [5.41, 5.74) is -1.36. The lowest BCUT2D eigenvalue weighted by molar-refractivity contribution is -0.138. The zero-order valence-electron chi connectivity index (χ0n) is 13.0. The van der Waals surface area contributed by atoms with Gasteiger partial charge >= 0.3 is 18.0 Å². The zero-order chi connectivity index (χ0) is 18.6. The van der Waals surface area contributed by atoms with E-state index < -0.39 is 23.6 Å². The Labute approximate surface area is 146 Å². The van der Waals surface area contributed by atoms with Crippen molar-refractivity contribution in [3.8, 4) is 0 Å². The van der Waals surface area contributed by atoms with Crippen molar-refractivity contribution < 1.29 is 27.6 Å². The van der Waals surface area contributed by atoms with E-state index in [4.69, 9.17) is 11.6 Å². The van der Waals surface area contributed by atoms with Crippen LogP contribution in [0.2, 0.25) is 5.02 Å². The van der Waals surface area contributed by atoms with Crippen molar-refractivity contribution in [1.29, 1.82) is 0 Å². The summed E-state index contributed by atoms with van der Waals surface area (Å²) in [5, 5.41) is 3.99. The molecule has 0 spiro atoms. The SMILES string of the molecule is O=C(NCC(=O)N1CCCC1)C(=O)Nc1cc(C(F)(F)F)ccc1Cl. The molecule has 1 heterocycles. The van der Waals surface area contributed by atoms with E-state index in [1.807, 2.05) is 5.32 Å². The molecule has 1 aromatic rings. The molecule has 1 aromatic carbocycles. The summed E-state index contributed by atoms with van der Waals surface area (Å²) >= 11 is 5.73. The molecular weight excluding hydrogens is 363 g/mol. The van der Waals surface area contributed by atoms with Crippen LogP contribution in [0.5, 0.6) is 0 Å². The van der Waals surface area contributed by atoms with Crippen molar-refractivity contribution in [3.05, 3.63) is 28.8 Å². The van der Waals surface area contributed by atoms with E-state index in [2.05, 4.69) is 5.32 Å². The lowest BCUT2D eigenvalue weighted by atomic mass is 10.2. The summed E-state index contributed by atoms with van der Waals surface area (Å²) in [6.07, 6.45) is -2.85. The number of hydrogen-bond acceptors (Lipinski definition) is 3. The Bertz CT molecular complexity index is 688. The van der Waals surface area contributed by atoms with Crippen LogP contribution < -0.4 is 10.6 Å². The van der Waals surface area contributed by atoms with Gasteiger partial charge in [-0.2, -0.15) is 13.2 Å². The average molecular weight is 378 g/mol. The molecule has 2 N–H and O–H groups in total. The van der Waals surface area contributed by atoms with Crippen molar-refractivity contribution in [2.45, 2.75) is 19.0 Å². The first-order valence-electron chi connectivity index (χ1n) is 7.42. The molecule has 1 fully saturated rings. The van der Waals surface area contributed by atoms with Crippen LogP contribution in [0, 0.1) is 0 Å². The van der Waals surface area contributed by atoms with Gasteiger partial charge in [0, 0.05) is 13.1 Å². The van der Waals surface area contributed by atoms with Gasteiger partial charge in [0.1, 0.15) is 0 Å². The third-order valence-electron chi connectivity index (χ3n) is 3.61. The number of carbonyl (C=O) groups is 3. The van der Waals surface area contributed by atoms with Crippen LogP contribution in [0.25, 0.3) is 0 Å². The molecule has 0 radical (unpaired) electrons. The molecule has 1 saturated heterocycles. The van der Waals surface area contributed by atoms with Gasteiger partial charge in [0.2, 0.25) is 5.91 Å². The quantitative estimate of drug-likeness (QED) is 0.791. The summed E-state index contributed by atoms with van der Waals surface area (Å²) in [5.74, 6) is -2.67. The van der Waals surface area contributed by atoms with Gasteiger partial charge in [-0.1, -0.05) is 11.6 Å². The maximum absolute atomic E-state index is 12.7. The number of nitrogens with one attached hydrogen (secondary N) is 2. The first-order chi connectivity index (χ1) is 11.7. The molecule has 6 nitrogen and oxygen atoms in total. The molecule has 0 atom stereocenters. The molecule has 1 aliphatic heterocycles. The monoisotopic (exact) mass is 377 g/mol. The second-order valence-electron chi connectivity index (χ2n) is 5.42. The molecule has 136 valence electrons. The largest absolute Gasteiger partial charge is 0.416 e. The Morgan fingerprint density at radius 3 is 2.36 bits per heavy atom. The summed E-state index contributed by atoms with van der Waals surface area (Å²) in [6.45, 7) is 0.837. The first kappa shape index (κ1) is 19.0. The van der Waals surface area contributed by atoms with Crippen molar-refractivity contribution >= 4 is 35.0 Å². The van der Waals surface area contributed by atoms with Gasteiger partial charge in [-0.3, -0.25) is 14.4 Å². The summed E-state index contributed by atoms with van der Waals surface area (Å²) in [7, 11) is 0. The van der Waals surface area contributed by atoms with E-state index >= 15 is 0 Å². The van der Waals surface area contributed by atoms with E-state index in [1.165, 1.54) is 0 Å². The van der Waals surface area contributed by atoms with Crippen LogP contribution in [-0.4, -0.2) is 42.3 Å². The topological polar surface area (TPSA) is 78.5 Å². The minimum absolute atomic E-state index is 0.151. The summed E-state index contributed by atoms with van der Waals surface area (Å²) in [4.78, 5) is 36.8. The van der Waals surface area contributed by atoms with Gasteiger partial charge in [0.15, 0.2) is 0 Å². The number of alkyl halides is 3. The molecule has 0 bridgehead atoms. The van der Waals surface area contributed by atoms with Crippen LogP contribution in [0.3, 0.4) is 0 Å². The van der Waals surface area contributed by atoms with E-state index in [-0.39, 0.29) is 23.2 Å². The van der Waals surface area contributed by atoms with E-state index in [9.17, 15) is 27.6 Å². The Balaban J connectivity index is 1.94. The number of halogens is 4. The molecule has 0 unspecified atom stereocenters. The van der Waals surface area contributed by atoms with Gasteiger partial charge in [0.05, 0.1) is 22.8 Å². The lowest BCUT2D eigenvalue weighted by Crippen LogP contribution is -2.42. The highest BCUT2D eigenvalue weighted by molar-refractivity contribution is 6.41. The highest BCUT2D eigenvalue weighted by Crippen LogP contribution is 2.33. The van der Waals surface area contributed by atoms with Crippen molar-refractivity contribution in [3.63, 3.8) is 0 Å². The van der Waals surface area contributed by atoms with Gasteiger partial charge in [-0.05, 0) is 31.0 Å². The molecule has 0 aliphatic carbocycles. The molecule has 0 saturated carbocycles. The zero-order valence-corrected chi connectivity index (χ0v) is 13.7. The number of hydrogen-bond donors (Lipinski definition) is 2. The Morgan fingerprint density at radius 1 is 1.12 bits per heavy atom. The molecule has 25 heavy (non-hydrogen) atoms. The van der Waals surface area contributed by atoms with E-state index in [1.54, 1.807) is 4.90 Å². The predicted molar refractivity (Wildman–Crippen MR) is 83.9 cm³/mol. The Hall–Kier alpha value is -2.29. The third kappa shape index (κ3) is 5.09. The van der Waals surface area contributed by atoms with Crippen molar-refractivity contribution in [2.75, 3.05) is 25.0 Å². The van der Waals surface area contributed by atoms with Crippen molar-refractivity contribution in [1.82, 2.24) is 10.2 Å². The average Bonchev–Trinajstić information content (AvgIpc) is 3.07. The normalized spacial score (nSPS) is 14.3. The smallest absolute Gasteiger partial charge is 0.341 e. The number of benzene rings is 1. The van der Waals surface area contributed by atoms with Gasteiger partial charge < -0.3 is 15.5 Å². The number of amides is 3. The van der Waals surface area contributed by atoms with Crippen LogP contribution in [-0.2, 0) is 20.6 Å². The highest BCUT2D eigenvalue weighted by atomic mass is 35.5. The van der Waals surface area contributed by atoms with Gasteiger partial charge in [0.25, 0.3) is 0 Å². The predicted octanol–water partition coefficient (Wildman–Crippen LogP) is 2.04. The maximum atomic E-state index is 12.7. The third-order valence-corrected chi connectivity index (χ3v) is 3.94. The summed E-state index contributed by atoms with van der Waals surface area (Å²) < 4.78 is 38.0. The molecule has 2 rings (SSSR count). The van der Waals surface area contributed by atoms with Gasteiger partial charge in [-0.15, -0.1) is 0 Å². The highest BCUT2D eigenvalue weighted by Gasteiger charge is 2.31. The Kier molecular flexibility index (Phi) is 5.89. The van der Waals surface area contributed by atoms with E-state index in [0.717, 1.165) is 25.0 Å². The molecule has 10 heteroatoms. The van der Waals surface area contributed by atoms with Crippen molar-refractivity contribution in [2.24, 2.45) is 0 Å². The molecule has 0 aromatic heterocycles. The maximum Gasteiger partial charge on any atom is 0.416 e. The fourth-order valence-corrected chi connectivity index (χ4v) is 2.46. The fourth-order valence-electron chi connectivity index (χ4n) is 2.29. The number of anilines is 1. The second-order valence-corrected chi connectivity index (χ2v) is 5.82. The fraction of sp³-hybridized carbons (Fsp3) is 0.400. The van der Waals surface area contributed by atoms with Crippen LogP contribution in [0.15, 0.2) is 18.2 Å². The minimum Gasteiger partial charge on any atom is -0.341 e. The number of carbonyl (C=O) groups excluding carboxylic acids is 3. The lowest BCUT2D eigenvalue weighted by Gasteiger charge is -2.15. The molecule has 3 amide bonds. The number of rotatable bonds is 3. The number of likely N-dealkylation sites (tertiary alicyclic amines) is 1. The van der Waals surface area contributed by atoms with E-state index in [0.29, 0.717) is 19.2 Å². The second kappa shape index (κ2) is 7.73. The van der Waals surface area contributed by atoms with Crippen LogP contribution in [0.1, 0.15) is 18.4 Å². The number of nitrogens with zero attached hydrogens (tertiary/aromatic N) is 1. The minimum atomic E-state index is -4.62. The molecular formula is C15H15ClF3N3O3.